The Labute approximate surface area is 164 Å². The number of aryl methyl sites for hydroxylation is 1. The Morgan fingerprint density at radius 2 is 1.71 bits per heavy atom. The Morgan fingerprint density at radius 3 is 2.36 bits per heavy atom. The van der Waals surface area contributed by atoms with Gasteiger partial charge in [-0.05, 0) is 19.1 Å². The molecule has 2 heterocycles. The van der Waals surface area contributed by atoms with Crippen LogP contribution in [0.15, 0.2) is 54.6 Å². The number of esters is 1. The summed E-state index contributed by atoms with van der Waals surface area (Å²) in [7, 11) is 1.40. The summed E-state index contributed by atoms with van der Waals surface area (Å²) in [6, 6.07) is 17.9. The third kappa shape index (κ3) is 3.39. The van der Waals surface area contributed by atoms with Crippen molar-refractivity contribution in [3.05, 3.63) is 65.9 Å². The van der Waals surface area contributed by atoms with Gasteiger partial charge in [0, 0.05) is 24.3 Å². The van der Waals surface area contributed by atoms with Gasteiger partial charge in [-0.2, -0.15) is 0 Å². The number of benzene rings is 2. The second kappa shape index (κ2) is 7.86. The number of anilines is 1. The van der Waals surface area contributed by atoms with Crippen LogP contribution in [0.1, 0.15) is 16.1 Å². The molecular weight excluding hydrogens is 354 g/mol. The van der Waals surface area contributed by atoms with Crippen LogP contribution in [0.4, 0.5) is 5.82 Å². The van der Waals surface area contributed by atoms with Gasteiger partial charge in [-0.1, -0.05) is 48.0 Å². The lowest BCUT2D eigenvalue weighted by Gasteiger charge is -2.27. The molecule has 0 radical (unpaired) electrons. The van der Waals surface area contributed by atoms with Crippen molar-refractivity contribution in [2.24, 2.45) is 0 Å². The van der Waals surface area contributed by atoms with E-state index in [0.717, 1.165) is 16.8 Å². The molecule has 1 aliphatic rings. The number of morpholine rings is 1. The Hall–Kier alpha value is -3.12. The average molecular weight is 377 g/mol. The Bertz CT molecular complexity index is 959. The zero-order valence-corrected chi connectivity index (χ0v) is 16.1. The number of nitrogens with zero attached hydrogens (tertiary/aromatic N) is 3. The molecular formula is C22H23N3O3. The fourth-order valence-electron chi connectivity index (χ4n) is 3.41. The van der Waals surface area contributed by atoms with E-state index in [0.29, 0.717) is 43.6 Å². The molecule has 1 fully saturated rings. The molecule has 1 aromatic heterocycles. The summed E-state index contributed by atoms with van der Waals surface area (Å²) in [6.07, 6.45) is 0. The summed E-state index contributed by atoms with van der Waals surface area (Å²) in [5.41, 5.74) is 3.40. The maximum Gasteiger partial charge on any atom is 0.358 e. The number of ether oxygens (including phenoxy) is 2. The molecule has 1 saturated heterocycles. The normalized spacial score (nSPS) is 14.1. The summed E-state index contributed by atoms with van der Waals surface area (Å²) >= 11 is 0. The van der Waals surface area contributed by atoms with Gasteiger partial charge < -0.3 is 14.4 Å². The van der Waals surface area contributed by atoms with Crippen molar-refractivity contribution in [2.45, 2.75) is 6.92 Å². The van der Waals surface area contributed by atoms with Crippen LogP contribution in [-0.2, 0) is 9.47 Å². The molecule has 144 valence electrons. The first-order valence-electron chi connectivity index (χ1n) is 9.35. The zero-order valence-electron chi connectivity index (χ0n) is 16.1. The highest BCUT2D eigenvalue weighted by Gasteiger charge is 2.29. The maximum absolute atomic E-state index is 12.8. The van der Waals surface area contributed by atoms with Crippen molar-refractivity contribution in [2.75, 3.05) is 38.3 Å². The molecule has 1 aliphatic heterocycles. The zero-order chi connectivity index (χ0) is 19.5. The topological polar surface area (TPSA) is 56.6 Å². The van der Waals surface area contributed by atoms with E-state index in [2.05, 4.69) is 4.90 Å². The van der Waals surface area contributed by atoms with E-state index in [9.17, 15) is 4.79 Å². The predicted molar refractivity (Wildman–Crippen MR) is 108 cm³/mol. The van der Waals surface area contributed by atoms with Gasteiger partial charge in [0.2, 0.25) is 0 Å². The molecule has 0 spiro atoms. The number of hydrogen-bond donors (Lipinski definition) is 0. The fraction of sp³-hybridized carbons (Fsp3) is 0.273. The van der Waals surface area contributed by atoms with E-state index in [1.54, 1.807) is 0 Å². The highest BCUT2D eigenvalue weighted by atomic mass is 16.5. The van der Waals surface area contributed by atoms with Gasteiger partial charge in [-0.3, -0.25) is 4.57 Å². The van der Waals surface area contributed by atoms with Crippen LogP contribution in [0, 0.1) is 6.92 Å². The van der Waals surface area contributed by atoms with Crippen molar-refractivity contribution in [3.8, 4) is 17.1 Å². The first-order chi connectivity index (χ1) is 13.7. The van der Waals surface area contributed by atoms with E-state index in [1.807, 2.05) is 66.1 Å². The SMILES string of the molecule is COC(=O)c1c(N2CCOCC2)nc(-c2ccccc2)n1-c1ccc(C)cc1. The van der Waals surface area contributed by atoms with Crippen LogP contribution in [-0.4, -0.2) is 48.9 Å². The lowest BCUT2D eigenvalue weighted by atomic mass is 10.2. The summed E-state index contributed by atoms with van der Waals surface area (Å²) in [4.78, 5) is 19.8. The van der Waals surface area contributed by atoms with E-state index >= 15 is 0 Å². The number of carbonyl (C=O) groups excluding carboxylic acids is 1. The van der Waals surface area contributed by atoms with Gasteiger partial charge in [-0.25, -0.2) is 9.78 Å². The van der Waals surface area contributed by atoms with Gasteiger partial charge in [0.05, 0.1) is 20.3 Å². The van der Waals surface area contributed by atoms with Crippen LogP contribution in [0.5, 0.6) is 0 Å². The molecule has 0 saturated carbocycles. The molecule has 3 aromatic rings. The van der Waals surface area contributed by atoms with Crippen molar-refractivity contribution in [3.63, 3.8) is 0 Å². The van der Waals surface area contributed by atoms with Gasteiger partial charge >= 0.3 is 5.97 Å². The second-order valence-corrected chi connectivity index (χ2v) is 6.74. The van der Waals surface area contributed by atoms with Crippen LogP contribution in [0.2, 0.25) is 0 Å². The number of hydrogen-bond acceptors (Lipinski definition) is 5. The highest BCUT2D eigenvalue weighted by Crippen LogP contribution is 2.32. The summed E-state index contributed by atoms with van der Waals surface area (Å²) in [5, 5.41) is 0. The largest absolute Gasteiger partial charge is 0.464 e. The predicted octanol–water partition coefficient (Wildman–Crippen LogP) is 3.47. The lowest BCUT2D eigenvalue weighted by molar-refractivity contribution is 0.0591. The maximum atomic E-state index is 12.8. The number of rotatable bonds is 4. The molecule has 2 aromatic carbocycles. The highest BCUT2D eigenvalue weighted by molar-refractivity contribution is 5.95. The first kappa shape index (κ1) is 18.3. The third-order valence-corrected chi connectivity index (χ3v) is 4.87. The van der Waals surface area contributed by atoms with E-state index in [1.165, 1.54) is 7.11 Å². The number of aromatic nitrogens is 2. The number of carbonyl (C=O) groups is 1. The van der Waals surface area contributed by atoms with Crippen LogP contribution in [0.3, 0.4) is 0 Å². The number of imidazole rings is 1. The molecule has 0 atom stereocenters. The van der Waals surface area contributed by atoms with Gasteiger partial charge in [0.1, 0.15) is 5.82 Å². The van der Waals surface area contributed by atoms with Crippen LogP contribution < -0.4 is 4.90 Å². The van der Waals surface area contributed by atoms with Crippen molar-refractivity contribution >= 4 is 11.8 Å². The molecule has 28 heavy (non-hydrogen) atoms. The van der Waals surface area contributed by atoms with Crippen molar-refractivity contribution in [1.82, 2.24) is 9.55 Å². The first-order valence-corrected chi connectivity index (χ1v) is 9.35. The number of methoxy groups -OCH3 is 1. The summed E-state index contributed by atoms with van der Waals surface area (Å²) < 4.78 is 12.5. The molecule has 6 nitrogen and oxygen atoms in total. The average Bonchev–Trinajstić information content (AvgIpc) is 3.15. The minimum Gasteiger partial charge on any atom is -0.464 e. The summed E-state index contributed by atoms with van der Waals surface area (Å²) in [6.45, 7) is 4.62. The quantitative estimate of drug-likeness (QED) is 0.652. The second-order valence-electron chi connectivity index (χ2n) is 6.74. The van der Waals surface area contributed by atoms with Crippen molar-refractivity contribution in [1.29, 1.82) is 0 Å². The molecule has 6 heteroatoms. The van der Waals surface area contributed by atoms with E-state index in [4.69, 9.17) is 14.5 Å². The Balaban J connectivity index is 1.97. The standard InChI is InChI=1S/C22H23N3O3/c1-16-8-10-18(11-9-16)25-19(22(26)27-2)21(24-12-14-28-15-13-24)23-20(25)17-6-4-3-5-7-17/h3-11H,12-15H2,1-2H3. The third-order valence-electron chi connectivity index (χ3n) is 4.87. The summed E-state index contributed by atoms with van der Waals surface area (Å²) in [5.74, 6) is 0.942. The van der Waals surface area contributed by atoms with Gasteiger partial charge in [0.15, 0.2) is 11.5 Å². The van der Waals surface area contributed by atoms with Gasteiger partial charge in [0.25, 0.3) is 0 Å². The van der Waals surface area contributed by atoms with E-state index < -0.39 is 5.97 Å². The van der Waals surface area contributed by atoms with Gasteiger partial charge in [-0.15, -0.1) is 0 Å². The van der Waals surface area contributed by atoms with Crippen LogP contribution >= 0.6 is 0 Å². The van der Waals surface area contributed by atoms with Crippen LogP contribution in [0.25, 0.3) is 17.1 Å². The monoisotopic (exact) mass is 377 g/mol. The smallest absolute Gasteiger partial charge is 0.358 e. The molecule has 0 bridgehead atoms. The minimum absolute atomic E-state index is 0.406. The molecule has 4 rings (SSSR count). The lowest BCUT2D eigenvalue weighted by Crippen LogP contribution is -2.37. The Kier molecular flexibility index (Phi) is 5.12. The molecule has 0 aliphatic carbocycles. The minimum atomic E-state index is -0.406. The Morgan fingerprint density at radius 1 is 1.04 bits per heavy atom. The van der Waals surface area contributed by atoms with E-state index in [-0.39, 0.29) is 0 Å². The molecule has 0 N–H and O–H groups in total. The molecule has 0 amide bonds. The van der Waals surface area contributed by atoms with Crippen molar-refractivity contribution < 1.29 is 14.3 Å². The molecule has 0 unspecified atom stereocenters. The fourth-order valence-corrected chi connectivity index (χ4v) is 3.41.